The Kier molecular flexibility index (Phi) is 4.30. The molecule has 20 heavy (non-hydrogen) atoms. The Hall–Kier alpha value is -2.43. The third-order valence-corrected chi connectivity index (χ3v) is 2.77. The second kappa shape index (κ2) is 6.14. The molecular weight excluding hydrogens is 264 g/mol. The molecule has 0 saturated heterocycles. The summed E-state index contributed by atoms with van der Waals surface area (Å²) in [6.45, 7) is 0.0915. The molecule has 0 bridgehead atoms. The van der Waals surface area contributed by atoms with Gasteiger partial charge in [-0.3, -0.25) is 0 Å². The minimum absolute atomic E-state index is 0.0915. The third kappa shape index (κ3) is 3.32. The Bertz CT molecular complexity index is 615. The number of carbonyl (C=O) groups excluding carboxylic acids is 1. The van der Waals surface area contributed by atoms with Crippen molar-refractivity contribution in [1.29, 1.82) is 0 Å². The van der Waals surface area contributed by atoms with Gasteiger partial charge in [0.1, 0.15) is 11.6 Å². The number of ether oxygens (including phenoxy) is 1. The lowest BCUT2D eigenvalue weighted by Gasteiger charge is -2.07. The van der Waals surface area contributed by atoms with E-state index in [1.165, 1.54) is 0 Å². The third-order valence-electron chi connectivity index (χ3n) is 2.77. The highest BCUT2D eigenvalue weighted by Gasteiger charge is 2.16. The number of esters is 1. The van der Waals surface area contributed by atoms with Crippen molar-refractivity contribution >= 4 is 11.7 Å². The number of hydrogen-bond donors (Lipinski definition) is 1. The van der Waals surface area contributed by atoms with Crippen molar-refractivity contribution in [3.8, 4) is 0 Å². The predicted octanol–water partition coefficient (Wildman–Crippen LogP) is 2.95. The zero-order valence-electron chi connectivity index (χ0n) is 10.6. The molecule has 2 rings (SSSR count). The monoisotopic (exact) mass is 277 g/mol. The summed E-state index contributed by atoms with van der Waals surface area (Å²) in [7, 11) is 0. The fourth-order valence-electron chi connectivity index (χ4n) is 1.70. The van der Waals surface area contributed by atoms with Crippen molar-refractivity contribution in [2.45, 2.75) is 6.42 Å². The van der Waals surface area contributed by atoms with E-state index in [0.29, 0.717) is 6.42 Å². The van der Waals surface area contributed by atoms with Gasteiger partial charge in [-0.2, -0.15) is 0 Å². The molecule has 3 nitrogen and oxygen atoms in total. The van der Waals surface area contributed by atoms with Gasteiger partial charge >= 0.3 is 5.97 Å². The van der Waals surface area contributed by atoms with E-state index in [4.69, 9.17) is 10.5 Å². The van der Waals surface area contributed by atoms with Crippen LogP contribution >= 0.6 is 0 Å². The van der Waals surface area contributed by atoms with Crippen molar-refractivity contribution in [2.75, 3.05) is 12.3 Å². The van der Waals surface area contributed by atoms with Crippen molar-refractivity contribution < 1.29 is 18.3 Å². The van der Waals surface area contributed by atoms with Crippen LogP contribution in [0.1, 0.15) is 15.9 Å². The second-order valence-electron chi connectivity index (χ2n) is 4.23. The Balaban J connectivity index is 1.97. The zero-order chi connectivity index (χ0) is 14.5. The average molecular weight is 277 g/mol. The molecule has 0 amide bonds. The highest BCUT2D eigenvalue weighted by atomic mass is 19.1. The van der Waals surface area contributed by atoms with Crippen LogP contribution in [0.3, 0.4) is 0 Å². The number of rotatable bonds is 4. The van der Waals surface area contributed by atoms with Gasteiger partial charge in [-0.25, -0.2) is 13.6 Å². The summed E-state index contributed by atoms with van der Waals surface area (Å²) in [6.07, 6.45) is 0.506. The van der Waals surface area contributed by atoms with Gasteiger partial charge in [0, 0.05) is 12.5 Å². The Morgan fingerprint density at radius 3 is 2.50 bits per heavy atom. The summed E-state index contributed by atoms with van der Waals surface area (Å²) in [4.78, 5) is 11.6. The van der Waals surface area contributed by atoms with Crippen LogP contribution in [0.25, 0.3) is 0 Å². The molecule has 0 radical (unpaired) electrons. The van der Waals surface area contributed by atoms with E-state index in [-0.39, 0.29) is 12.3 Å². The standard InChI is InChI=1S/C15H13F2NO2/c16-12-9-14(18)13(17)8-11(12)15(19)20-7-6-10-4-2-1-3-5-10/h1-5,8-9H,6-7,18H2. The summed E-state index contributed by atoms with van der Waals surface area (Å²) >= 11 is 0. The van der Waals surface area contributed by atoms with Crippen LogP contribution in [0.5, 0.6) is 0 Å². The van der Waals surface area contributed by atoms with Crippen LogP contribution in [0.4, 0.5) is 14.5 Å². The van der Waals surface area contributed by atoms with E-state index in [1.807, 2.05) is 30.3 Å². The molecule has 0 atom stereocenters. The van der Waals surface area contributed by atoms with Crippen molar-refractivity contribution in [3.63, 3.8) is 0 Å². The maximum atomic E-state index is 13.5. The summed E-state index contributed by atoms with van der Waals surface area (Å²) < 4.78 is 31.6. The molecular formula is C15H13F2NO2. The van der Waals surface area contributed by atoms with Crippen LogP contribution in [-0.2, 0) is 11.2 Å². The summed E-state index contributed by atoms with van der Waals surface area (Å²) in [6, 6.07) is 10.9. The van der Waals surface area contributed by atoms with Crippen molar-refractivity contribution in [3.05, 3.63) is 65.2 Å². The fourth-order valence-corrected chi connectivity index (χ4v) is 1.70. The smallest absolute Gasteiger partial charge is 0.341 e. The normalized spacial score (nSPS) is 10.3. The van der Waals surface area contributed by atoms with Gasteiger partial charge < -0.3 is 10.5 Å². The molecule has 5 heteroatoms. The topological polar surface area (TPSA) is 52.3 Å². The van der Waals surface area contributed by atoms with Crippen LogP contribution in [-0.4, -0.2) is 12.6 Å². The van der Waals surface area contributed by atoms with Crippen LogP contribution in [0.15, 0.2) is 42.5 Å². The summed E-state index contributed by atoms with van der Waals surface area (Å²) in [5.74, 6) is -2.65. The number of benzene rings is 2. The first-order valence-corrected chi connectivity index (χ1v) is 6.03. The summed E-state index contributed by atoms with van der Waals surface area (Å²) in [5, 5.41) is 0. The molecule has 2 aromatic rings. The van der Waals surface area contributed by atoms with Gasteiger partial charge in [-0.05, 0) is 11.6 Å². The molecule has 2 N–H and O–H groups in total. The summed E-state index contributed by atoms with van der Waals surface area (Å²) in [5.41, 5.74) is 5.39. The first-order chi connectivity index (χ1) is 9.58. The Labute approximate surface area is 115 Å². The molecule has 0 aliphatic heterocycles. The molecule has 0 heterocycles. The number of anilines is 1. The van der Waals surface area contributed by atoms with Crippen LogP contribution in [0, 0.1) is 11.6 Å². The molecule has 0 saturated carbocycles. The predicted molar refractivity (Wildman–Crippen MR) is 71.2 cm³/mol. The molecule has 0 fully saturated rings. The lowest BCUT2D eigenvalue weighted by molar-refractivity contribution is 0.0503. The quantitative estimate of drug-likeness (QED) is 0.690. The molecule has 2 aromatic carbocycles. The van der Waals surface area contributed by atoms with E-state index in [0.717, 1.165) is 17.7 Å². The van der Waals surface area contributed by atoms with E-state index in [9.17, 15) is 13.6 Å². The Morgan fingerprint density at radius 1 is 1.10 bits per heavy atom. The van der Waals surface area contributed by atoms with Crippen molar-refractivity contribution in [2.24, 2.45) is 0 Å². The minimum atomic E-state index is -0.905. The number of hydrogen-bond acceptors (Lipinski definition) is 3. The first kappa shape index (κ1) is 14.0. The highest BCUT2D eigenvalue weighted by Crippen LogP contribution is 2.17. The van der Waals surface area contributed by atoms with Crippen LogP contribution in [0.2, 0.25) is 0 Å². The lowest BCUT2D eigenvalue weighted by Crippen LogP contribution is -2.11. The number of nitrogens with two attached hydrogens (primary N) is 1. The van der Waals surface area contributed by atoms with Gasteiger partial charge in [-0.1, -0.05) is 30.3 Å². The largest absolute Gasteiger partial charge is 0.462 e. The van der Waals surface area contributed by atoms with E-state index in [1.54, 1.807) is 0 Å². The first-order valence-electron chi connectivity index (χ1n) is 6.03. The van der Waals surface area contributed by atoms with Crippen molar-refractivity contribution in [1.82, 2.24) is 0 Å². The number of halogens is 2. The molecule has 0 aromatic heterocycles. The van der Waals surface area contributed by atoms with Gasteiger partial charge in [0.2, 0.25) is 0 Å². The maximum absolute atomic E-state index is 13.5. The zero-order valence-corrected chi connectivity index (χ0v) is 10.6. The number of nitrogen functional groups attached to an aromatic ring is 1. The Morgan fingerprint density at radius 2 is 1.80 bits per heavy atom. The number of carbonyl (C=O) groups is 1. The van der Waals surface area contributed by atoms with Gasteiger partial charge in [0.25, 0.3) is 0 Å². The fraction of sp³-hybridized carbons (Fsp3) is 0.133. The van der Waals surface area contributed by atoms with Gasteiger partial charge in [-0.15, -0.1) is 0 Å². The second-order valence-corrected chi connectivity index (χ2v) is 4.23. The molecule has 0 spiro atoms. The molecule has 0 unspecified atom stereocenters. The van der Waals surface area contributed by atoms with Gasteiger partial charge in [0.15, 0.2) is 0 Å². The molecule has 104 valence electrons. The van der Waals surface area contributed by atoms with Gasteiger partial charge in [0.05, 0.1) is 17.9 Å². The highest BCUT2D eigenvalue weighted by molar-refractivity contribution is 5.90. The van der Waals surface area contributed by atoms with E-state index in [2.05, 4.69) is 0 Å². The van der Waals surface area contributed by atoms with E-state index < -0.39 is 23.2 Å². The van der Waals surface area contributed by atoms with E-state index >= 15 is 0 Å². The molecule has 0 aliphatic rings. The SMILES string of the molecule is Nc1cc(F)c(C(=O)OCCc2ccccc2)cc1F. The van der Waals surface area contributed by atoms with Crippen LogP contribution < -0.4 is 5.73 Å². The lowest BCUT2D eigenvalue weighted by atomic mass is 10.1. The molecule has 0 aliphatic carbocycles. The minimum Gasteiger partial charge on any atom is -0.462 e. The maximum Gasteiger partial charge on any atom is 0.341 e. The average Bonchev–Trinajstić information content (AvgIpc) is 2.44.